The molecule has 7 heteroatoms. The summed E-state index contributed by atoms with van der Waals surface area (Å²) in [5.74, 6) is 0. The molecule has 0 unspecified atom stereocenters. The van der Waals surface area contributed by atoms with Gasteiger partial charge in [0.25, 0.3) is 0 Å². The lowest BCUT2D eigenvalue weighted by Gasteiger charge is -2.02. The van der Waals surface area contributed by atoms with Gasteiger partial charge in [0.1, 0.15) is 11.2 Å². The van der Waals surface area contributed by atoms with Gasteiger partial charge in [0, 0.05) is 10.8 Å². The summed E-state index contributed by atoms with van der Waals surface area (Å²) < 4.78 is 5.59. The molecule has 3 aromatic rings. The van der Waals surface area contributed by atoms with E-state index in [2.05, 4.69) is 0 Å². The maximum absolute atomic E-state index is 9.39. The highest BCUT2D eigenvalue weighted by molar-refractivity contribution is 6.63. The van der Waals surface area contributed by atoms with Crippen molar-refractivity contribution in [2.24, 2.45) is 0 Å². The molecule has 0 aliphatic carbocycles. The van der Waals surface area contributed by atoms with Crippen molar-refractivity contribution in [3.8, 4) is 0 Å². The van der Waals surface area contributed by atoms with Gasteiger partial charge in [-0.3, -0.25) is 0 Å². The SMILES string of the molecule is OB(O)c1ccc2oc3cccc(B(O)O)c3c2c1. The lowest BCUT2D eigenvalue weighted by molar-refractivity contribution is 0.425. The van der Waals surface area contributed by atoms with Crippen LogP contribution in [0.2, 0.25) is 0 Å². The van der Waals surface area contributed by atoms with E-state index in [1.54, 1.807) is 36.4 Å². The van der Waals surface area contributed by atoms with Crippen molar-refractivity contribution in [3.63, 3.8) is 0 Å². The molecule has 0 radical (unpaired) electrons. The number of benzene rings is 2. The van der Waals surface area contributed by atoms with Gasteiger partial charge in [-0.1, -0.05) is 24.3 Å². The maximum Gasteiger partial charge on any atom is 0.489 e. The van der Waals surface area contributed by atoms with Crippen molar-refractivity contribution in [2.75, 3.05) is 0 Å². The minimum Gasteiger partial charge on any atom is -0.456 e. The van der Waals surface area contributed by atoms with Gasteiger partial charge in [0.15, 0.2) is 0 Å². The van der Waals surface area contributed by atoms with Crippen LogP contribution in [0.15, 0.2) is 40.8 Å². The van der Waals surface area contributed by atoms with Gasteiger partial charge >= 0.3 is 14.2 Å². The molecule has 0 fully saturated rings. The molecule has 2 aromatic carbocycles. The molecule has 1 aromatic heterocycles. The van der Waals surface area contributed by atoms with Crippen LogP contribution in [0.4, 0.5) is 0 Å². The van der Waals surface area contributed by atoms with Crippen LogP contribution in [0, 0.1) is 0 Å². The number of furan rings is 1. The molecule has 0 aliphatic heterocycles. The van der Waals surface area contributed by atoms with Gasteiger partial charge in [-0.2, -0.15) is 0 Å². The standard InChI is InChI=1S/C12H10B2O5/c15-13(16)7-4-5-10-8(6-7)12-9(14(17)18)2-1-3-11(12)19-10/h1-6,15-18H. The quantitative estimate of drug-likeness (QED) is 0.439. The highest BCUT2D eigenvalue weighted by Gasteiger charge is 2.20. The third-order valence-electron chi connectivity index (χ3n) is 3.13. The van der Waals surface area contributed by atoms with E-state index in [9.17, 15) is 20.1 Å². The number of rotatable bonds is 2. The van der Waals surface area contributed by atoms with E-state index in [0.29, 0.717) is 32.9 Å². The molecule has 94 valence electrons. The minimum atomic E-state index is -1.62. The highest BCUT2D eigenvalue weighted by Crippen LogP contribution is 2.26. The summed E-state index contributed by atoms with van der Waals surface area (Å²) in [5, 5.41) is 38.4. The Morgan fingerprint density at radius 3 is 2.32 bits per heavy atom. The van der Waals surface area contributed by atoms with E-state index in [1.807, 2.05) is 0 Å². The molecule has 0 bridgehead atoms. The molecule has 0 aliphatic rings. The molecular formula is C12H10B2O5. The fraction of sp³-hybridized carbons (Fsp3) is 0. The Kier molecular flexibility index (Phi) is 2.83. The molecule has 0 spiro atoms. The Labute approximate surface area is 109 Å². The predicted molar refractivity (Wildman–Crippen MR) is 73.4 cm³/mol. The Morgan fingerprint density at radius 1 is 0.842 bits per heavy atom. The number of hydrogen-bond acceptors (Lipinski definition) is 5. The monoisotopic (exact) mass is 256 g/mol. The molecule has 5 nitrogen and oxygen atoms in total. The maximum atomic E-state index is 9.39. The van der Waals surface area contributed by atoms with E-state index in [1.165, 1.54) is 0 Å². The van der Waals surface area contributed by atoms with Crippen molar-refractivity contribution in [1.82, 2.24) is 0 Å². The van der Waals surface area contributed by atoms with Gasteiger partial charge in [0.05, 0.1) is 0 Å². The van der Waals surface area contributed by atoms with Crippen molar-refractivity contribution < 1.29 is 24.5 Å². The second-order valence-electron chi connectivity index (χ2n) is 4.33. The smallest absolute Gasteiger partial charge is 0.456 e. The summed E-state index contributed by atoms with van der Waals surface area (Å²) in [6.07, 6.45) is 0. The van der Waals surface area contributed by atoms with E-state index >= 15 is 0 Å². The van der Waals surface area contributed by atoms with Crippen molar-refractivity contribution in [3.05, 3.63) is 36.4 Å². The lowest BCUT2D eigenvalue weighted by Crippen LogP contribution is -2.31. The Bertz CT molecular complexity index is 750. The summed E-state index contributed by atoms with van der Waals surface area (Å²) >= 11 is 0. The highest BCUT2D eigenvalue weighted by atomic mass is 16.4. The molecule has 0 amide bonds. The number of fused-ring (bicyclic) bond motifs is 3. The van der Waals surface area contributed by atoms with E-state index in [-0.39, 0.29) is 0 Å². The van der Waals surface area contributed by atoms with Crippen molar-refractivity contribution >= 4 is 47.1 Å². The molecule has 0 atom stereocenters. The molecule has 4 N–H and O–H groups in total. The summed E-state index contributed by atoms with van der Waals surface area (Å²) in [6.45, 7) is 0. The van der Waals surface area contributed by atoms with Crippen LogP contribution in [0.3, 0.4) is 0 Å². The van der Waals surface area contributed by atoms with Gasteiger partial charge in [-0.25, -0.2) is 0 Å². The first-order chi connectivity index (χ1) is 9.08. The zero-order chi connectivity index (χ0) is 13.6. The lowest BCUT2D eigenvalue weighted by atomic mass is 9.76. The summed E-state index contributed by atoms with van der Waals surface area (Å²) in [7, 11) is -3.20. The molecule has 19 heavy (non-hydrogen) atoms. The Hall–Kier alpha value is -1.79. The largest absolute Gasteiger partial charge is 0.489 e. The van der Waals surface area contributed by atoms with Gasteiger partial charge in [0.2, 0.25) is 0 Å². The Morgan fingerprint density at radius 2 is 1.63 bits per heavy atom. The average Bonchev–Trinajstić information content (AvgIpc) is 2.75. The summed E-state index contributed by atoms with van der Waals surface area (Å²) in [4.78, 5) is 0. The predicted octanol–water partition coefficient (Wildman–Crippen LogP) is -1.05. The third kappa shape index (κ3) is 1.93. The van der Waals surface area contributed by atoms with Crippen LogP contribution >= 0.6 is 0 Å². The van der Waals surface area contributed by atoms with Gasteiger partial charge in [-0.15, -0.1) is 0 Å². The first-order valence-corrected chi connectivity index (χ1v) is 5.75. The molecule has 3 rings (SSSR count). The van der Waals surface area contributed by atoms with Crippen molar-refractivity contribution in [2.45, 2.75) is 0 Å². The first-order valence-electron chi connectivity index (χ1n) is 5.75. The Balaban J connectivity index is 2.41. The van der Waals surface area contributed by atoms with Crippen LogP contribution in [0.25, 0.3) is 21.9 Å². The van der Waals surface area contributed by atoms with Crippen LogP contribution in [0.5, 0.6) is 0 Å². The summed E-state index contributed by atoms with van der Waals surface area (Å²) in [5.41, 5.74) is 1.70. The number of hydrogen-bond donors (Lipinski definition) is 4. The third-order valence-corrected chi connectivity index (χ3v) is 3.13. The second-order valence-corrected chi connectivity index (χ2v) is 4.33. The topological polar surface area (TPSA) is 94.1 Å². The van der Waals surface area contributed by atoms with Crippen LogP contribution in [-0.4, -0.2) is 34.3 Å². The first kappa shape index (κ1) is 12.3. The molecule has 0 saturated carbocycles. The minimum absolute atomic E-state index is 0.317. The second kappa shape index (κ2) is 4.40. The molecule has 1 heterocycles. The fourth-order valence-electron chi connectivity index (χ4n) is 2.25. The van der Waals surface area contributed by atoms with Crippen LogP contribution in [-0.2, 0) is 0 Å². The average molecular weight is 256 g/mol. The van der Waals surface area contributed by atoms with Crippen LogP contribution in [0.1, 0.15) is 0 Å². The van der Waals surface area contributed by atoms with E-state index in [4.69, 9.17) is 4.42 Å². The van der Waals surface area contributed by atoms with Gasteiger partial charge in [-0.05, 0) is 23.1 Å². The fourth-order valence-corrected chi connectivity index (χ4v) is 2.25. The van der Waals surface area contributed by atoms with E-state index < -0.39 is 14.2 Å². The normalized spacial score (nSPS) is 11.2. The molecular weight excluding hydrogens is 246 g/mol. The zero-order valence-corrected chi connectivity index (χ0v) is 9.82. The zero-order valence-electron chi connectivity index (χ0n) is 9.82. The van der Waals surface area contributed by atoms with E-state index in [0.717, 1.165) is 0 Å². The van der Waals surface area contributed by atoms with Gasteiger partial charge < -0.3 is 24.5 Å². The molecule has 0 saturated heterocycles. The summed E-state index contributed by atoms with van der Waals surface area (Å²) in [6, 6.07) is 9.71. The van der Waals surface area contributed by atoms with Crippen LogP contribution < -0.4 is 10.9 Å². The van der Waals surface area contributed by atoms with Crippen molar-refractivity contribution in [1.29, 1.82) is 0 Å².